The molecule has 1 aromatic carbocycles. The molecule has 0 saturated carbocycles. The van der Waals surface area contributed by atoms with Crippen molar-refractivity contribution in [3.05, 3.63) is 34.1 Å². The fraction of sp³-hybridized carbons (Fsp3) is 0.571. The summed E-state index contributed by atoms with van der Waals surface area (Å²) >= 11 is 0. The summed E-state index contributed by atoms with van der Waals surface area (Å²) in [6, 6.07) is 4.39. The van der Waals surface area contributed by atoms with E-state index in [9.17, 15) is 14.5 Å². The van der Waals surface area contributed by atoms with Crippen LogP contribution in [0.15, 0.2) is 18.2 Å². The molecule has 0 radical (unpaired) electrons. The Morgan fingerprint density at radius 2 is 2.15 bits per heavy atom. The van der Waals surface area contributed by atoms with Crippen LogP contribution >= 0.6 is 0 Å². The van der Waals surface area contributed by atoms with Crippen molar-refractivity contribution in [3.8, 4) is 0 Å². The monoisotopic (exact) mass is 279 g/mol. The van der Waals surface area contributed by atoms with Gasteiger partial charge in [-0.1, -0.05) is 6.42 Å². The molecular formula is C14H18FN3O2. The fourth-order valence-electron chi connectivity index (χ4n) is 3.39. The topological polar surface area (TPSA) is 58.4 Å². The summed E-state index contributed by atoms with van der Waals surface area (Å²) in [5.74, 6) is -0.576. The number of anilines is 1. The molecule has 1 aromatic rings. The Morgan fingerprint density at radius 3 is 2.95 bits per heavy atom. The first kappa shape index (κ1) is 13.3. The molecule has 0 spiro atoms. The average molecular weight is 279 g/mol. The van der Waals surface area contributed by atoms with Gasteiger partial charge in [0, 0.05) is 18.6 Å². The molecule has 108 valence electrons. The van der Waals surface area contributed by atoms with Gasteiger partial charge in [0.25, 0.3) is 5.69 Å². The molecule has 2 atom stereocenters. The maximum atomic E-state index is 13.1. The van der Waals surface area contributed by atoms with Crippen LogP contribution < -0.4 is 5.32 Å². The van der Waals surface area contributed by atoms with Gasteiger partial charge in [0.15, 0.2) is 0 Å². The minimum absolute atomic E-state index is 0.181. The molecule has 0 amide bonds. The highest BCUT2D eigenvalue weighted by molar-refractivity contribution is 5.62. The van der Waals surface area contributed by atoms with Crippen molar-refractivity contribution in [1.29, 1.82) is 0 Å². The number of nitro groups is 1. The van der Waals surface area contributed by atoms with Crippen LogP contribution in [0.25, 0.3) is 0 Å². The first-order chi connectivity index (χ1) is 9.65. The standard InChI is InChI=1S/C14H18FN3O2/c15-10-4-5-11(14(9-10)18(19)20)16-12-6-8-17-7-2-1-3-13(12)17/h4-5,9,12-13,16H,1-3,6-8H2. The van der Waals surface area contributed by atoms with Gasteiger partial charge in [-0.25, -0.2) is 4.39 Å². The highest BCUT2D eigenvalue weighted by Crippen LogP contribution is 2.32. The SMILES string of the molecule is O=[N+]([O-])c1cc(F)ccc1NC1CCN2CCCCC12. The number of rotatable bonds is 3. The number of hydrogen-bond donors (Lipinski definition) is 1. The van der Waals surface area contributed by atoms with Crippen LogP contribution in [0.3, 0.4) is 0 Å². The van der Waals surface area contributed by atoms with Crippen molar-refractivity contribution >= 4 is 11.4 Å². The van der Waals surface area contributed by atoms with E-state index < -0.39 is 10.7 Å². The first-order valence-electron chi connectivity index (χ1n) is 7.09. The van der Waals surface area contributed by atoms with Crippen LogP contribution in [0, 0.1) is 15.9 Å². The Bertz CT molecular complexity index is 523. The van der Waals surface area contributed by atoms with Crippen molar-refractivity contribution in [2.75, 3.05) is 18.4 Å². The zero-order chi connectivity index (χ0) is 14.1. The molecule has 2 aliphatic heterocycles. The van der Waals surface area contributed by atoms with Gasteiger partial charge < -0.3 is 5.32 Å². The van der Waals surface area contributed by atoms with E-state index >= 15 is 0 Å². The Balaban J connectivity index is 1.79. The van der Waals surface area contributed by atoms with E-state index in [0.717, 1.165) is 32.0 Å². The lowest BCUT2D eigenvalue weighted by atomic mass is 9.99. The van der Waals surface area contributed by atoms with Gasteiger partial charge in [0.2, 0.25) is 0 Å². The normalized spacial score (nSPS) is 26.2. The maximum Gasteiger partial charge on any atom is 0.295 e. The third kappa shape index (κ3) is 2.47. The van der Waals surface area contributed by atoms with Crippen LogP contribution in [-0.2, 0) is 0 Å². The van der Waals surface area contributed by atoms with Gasteiger partial charge in [-0.15, -0.1) is 0 Å². The molecule has 0 aromatic heterocycles. The molecule has 20 heavy (non-hydrogen) atoms. The lowest BCUT2D eigenvalue weighted by Gasteiger charge is -2.32. The molecule has 1 N–H and O–H groups in total. The second-order valence-corrected chi connectivity index (χ2v) is 5.56. The van der Waals surface area contributed by atoms with E-state index in [4.69, 9.17) is 0 Å². The summed E-state index contributed by atoms with van der Waals surface area (Å²) in [6.45, 7) is 2.16. The summed E-state index contributed by atoms with van der Waals surface area (Å²) in [7, 11) is 0. The van der Waals surface area contributed by atoms with Gasteiger partial charge in [0.1, 0.15) is 11.5 Å². The van der Waals surface area contributed by atoms with E-state index in [-0.39, 0.29) is 11.7 Å². The Morgan fingerprint density at radius 1 is 1.30 bits per heavy atom. The summed E-state index contributed by atoms with van der Waals surface area (Å²) in [5.41, 5.74) is 0.244. The predicted molar refractivity (Wildman–Crippen MR) is 74.3 cm³/mol. The summed E-state index contributed by atoms with van der Waals surface area (Å²) in [4.78, 5) is 12.9. The van der Waals surface area contributed by atoms with Crippen molar-refractivity contribution < 1.29 is 9.31 Å². The van der Waals surface area contributed by atoms with Gasteiger partial charge in [-0.3, -0.25) is 15.0 Å². The van der Waals surface area contributed by atoms with Crippen molar-refractivity contribution in [2.45, 2.75) is 37.8 Å². The van der Waals surface area contributed by atoms with Crippen LogP contribution in [0.5, 0.6) is 0 Å². The second-order valence-electron chi connectivity index (χ2n) is 5.56. The number of hydrogen-bond acceptors (Lipinski definition) is 4. The number of halogens is 1. The molecular weight excluding hydrogens is 261 g/mol. The Hall–Kier alpha value is -1.69. The second kappa shape index (κ2) is 5.36. The van der Waals surface area contributed by atoms with Crippen LogP contribution in [-0.4, -0.2) is 35.0 Å². The average Bonchev–Trinajstić information content (AvgIpc) is 2.84. The largest absolute Gasteiger partial charge is 0.375 e. The molecule has 2 heterocycles. The van der Waals surface area contributed by atoms with Crippen molar-refractivity contribution in [3.63, 3.8) is 0 Å². The van der Waals surface area contributed by atoms with Gasteiger partial charge in [-0.05, 0) is 37.9 Å². The molecule has 2 fully saturated rings. The van der Waals surface area contributed by atoms with E-state index in [2.05, 4.69) is 10.2 Å². The summed E-state index contributed by atoms with van der Waals surface area (Å²) < 4.78 is 13.1. The molecule has 2 aliphatic rings. The number of benzene rings is 1. The quantitative estimate of drug-likeness (QED) is 0.682. The number of nitro benzene ring substituents is 1. The lowest BCUT2D eigenvalue weighted by molar-refractivity contribution is -0.384. The zero-order valence-corrected chi connectivity index (χ0v) is 11.2. The van der Waals surface area contributed by atoms with Gasteiger partial charge >= 0.3 is 0 Å². The molecule has 2 unspecified atom stereocenters. The van der Waals surface area contributed by atoms with Crippen molar-refractivity contribution in [2.24, 2.45) is 0 Å². The lowest BCUT2D eigenvalue weighted by Crippen LogP contribution is -2.41. The van der Waals surface area contributed by atoms with E-state index in [1.807, 2.05) is 0 Å². The third-order valence-electron chi connectivity index (χ3n) is 4.35. The smallest absolute Gasteiger partial charge is 0.295 e. The minimum Gasteiger partial charge on any atom is -0.375 e. The highest BCUT2D eigenvalue weighted by Gasteiger charge is 2.36. The molecule has 5 nitrogen and oxygen atoms in total. The number of nitrogens with one attached hydrogen (secondary N) is 1. The van der Waals surface area contributed by atoms with Gasteiger partial charge in [0.05, 0.1) is 11.0 Å². The van der Waals surface area contributed by atoms with Crippen LogP contribution in [0.1, 0.15) is 25.7 Å². The summed E-state index contributed by atoms with van der Waals surface area (Å²) in [6.07, 6.45) is 4.57. The predicted octanol–water partition coefficient (Wildman–Crippen LogP) is 2.77. The molecule has 0 aliphatic carbocycles. The van der Waals surface area contributed by atoms with E-state index in [0.29, 0.717) is 11.7 Å². The molecule has 6 heteroatoms. The minimum atomic E-state index is -0.576. The Kier molecular flexibility index (Phi) is 3.56. The van der Waals surface area contributed by atoms with Crippen LogP contribution in [0.2, 0.25) is 0 Å². The Labute approximate surface area is 116 Å². The zero-order valence-electron chi connectivity index (χ0n) is 11.2. The number of fused-ring (bicyclic) bond motifs is 1. The number of nitrogens with zero attached hydrogens (tertiary/aromatic N) is 2. The van der Waals surface area contributed by atoms with Crippen LogP contribution in [0.4, 0.5) is 15.8 Å². The fourth-order valence-corrected chi connectivity index (χ4v) is 3.39. The summed E-state index contributed by atoms with van der Waals surface area (Å²) in [5, 5.41) is 14.3. The van der Waals surface area contributed by atoms with E-state index in [1.54, 1.807) is 0 Å². The van der Waals surface area contributed by atoms with Gasteiger partial charge in [-0.2, -0.15) is 0 Å². The molecule has 0 bridgehead atoms. The molecule has 2 saturated heterocycles. The number of piperidine rings is 1. The maximum absolute atomic E-state index is 13.1. The first-order valence-corrected chi connectivity index (χ1v) is 7.09. The third-order valence-corrected chi connectivity index (χ3v) is 4.35. The van der Waals surface area contributed by atoms with Crippen molar-refractivity contribution in [1.82, 2.24) is 4.90 Å². The molecule has 3 rings (SSSR count). The van der Waals surface area contributed by atoms with E-state index in [1.165, 1.54) is 25.0 Å². The highest BCUT2D eigenvalue weighted by atomic mass is 19.1.